The molecular formula is C17H24F3N3O. The molecule has 4 nitrogen and oxygen atoms in total. The van der Waals surface area contributed by atoms with Crippen molar-refractivity contribution in [2.24, 2.45) is 17.3 Å². The van der Waals surface area contributed by atoms with Gasteiger partial charge in [-0.3, -0.25) is 0 Å². The maximum atomic E-state index is 13.8. The summed E-state index contributed by atoms with van der Waals surface area (Å²) in [4.78, 5) is 4.52. The van der Waals surface area contributed by atoms with Crippen LogP contribution in [0.3, 0.4) is 0 Å². The molecule has 4 aliphatic rings. The minimum Gasteiger partial charge on any atom is -0.339 e. The third-order valence-electron chi connectivity index (χ3n) is 6.57. The second-order valence-electron chi connectivity index (χ2n) is 8.43. The molecule has 4 saturated carbocycles. The molecule has 24 heavy (non-hydrogen) atoms. The molecule has 0 aliphatic heterocycles. The lowest BCUT2D eigenvalue weighted by molar-refractivity contribution is -0.279. The first kappa shape index (κ1) is 16.4. The van der Waals surface area contributed by atoms with Crippen molar-refractivity contribution in [3.05, 3.63) is 11.7 Å². The van der Waals surface area contributed by atoms with Gasteiger partial charge in [-0.05, 0) is 64.3 Å². The van der Waals surface area contributed by atoms with E-state index >= 15 is 0 Å². The lowest BCUT2D eigenvalue weighted by atomic mass is 9.44. The van der Waals surface area contributed by atoms with E-state index in [4.69, 9.17) is 4.52 Å². The number of hydrogen-bond donors (Lipinski definition) is 1. The summed E-state index contributed by atoms with van der Waals surface area (Å²) in [7, 11) is 1.86. The van der Waals surface area contributed by atoms with E-state index < -0.39 is 17.0 Å². The van der Waals surface area contributed by atoms with E-state index in [1.54, 1.807) is 0 Å². The van der Waals surface area contributed by atoms with Crippen molar-refractivity contribution in [3.63, 3.8) is 0 Å². The molecule has 4 fully saturated rings. The monoisotopic (exact) mass is 343 g/mol. The van der Waals surface area contributed by atoms with Crippen molar-refractivity contribution in [2.75, 3.05) is 7.05 Å². The molecule has 134 valence electrons. The van der Waals surface area contributed by atoms with Crippen molar-refractivity contribution >= 4 is 0 Å². The van der Waals surface area contributed by atoms with Gasteiger partial charge in [0.2, 0.25) is 5.89 Å². The molecule has 1 heterocycles. The van der Waals surface area contributed by atoms with Crippen LogP contribution in [0.1, 0.15) is 57.2 Å². The number of nitrogens with one attached hydrogen (secondary N) is 1. The summed E-state index contributed by atoms with van der Waals surface area (Å²) in [5.74, 6) is 1.31. The van der Waals surface area contributed by atoms with Gasteiger partial charge in [0.1, 0.15) is 0 Å². The standard InChI is InChI=1S/C17H24F3N3O/c1-10(21-2)3-13-22-14(24-23-13)15-5-11-4-12(6-15)8-16(7-11,9-15)17(18,19)20/h10-12,21H,3-9H2,1-2H3. The Kier molecular flexibility index (Phi) is 3.54. The van der Waals surface area contributed by atoms with Crippen molar-refractivity contribution in [1.82, 2.24) is 15.5 Å². The third kappa shape index (κ3) is 2.38. The van der Waals surface area contributed by atoms with Crippen LogP contribution >= 0.6 is 0 Å². The van der Waals surface area contributed by atoms with Crippen molar-refractivity contribution in [2.45, 2.75) is 69.5 Å². The molecule has 4 bridgehead atoms. The molecule has 3 unspecified atom stereocenters. The Balaban J connectivity index is 1.65. The normalized spacial score (nSPS) is 39.4. The van der Waals surface area contributed by atoms with Gasteiger partial charge in [-0.2, -0.15) is 18.2 Å². The molecule has 1 aromatic rings. The van der Waals surface area contributed by atoms with E-state index in [-0.39, 0.29) is 37.1 Å². The first-order chi connectivity index (χ1) is 11.3. The first-order valence-electron chi connectivity index (χ1n) is 8.82. The molecule has 0 radical (unpaired) electrons. The predicted octanol–water partition coefficient (Wildman–Crippen LogP) is 3.62. The molecule has 0 amide bonds. The average molecular weight is 343 g/mol. The summed E-state index contributed by atoms with van der Waals surface area (Å²) in [6, 6.07) is 0.202. The van der Waals surface area contributed by atoms with E-state index in [9.17, 15) is 13.2 Å². The van der Waals surface area contributed by atoms with E-state index in [0.29, 0.717) is 18.1 Å². The molecule has 5 rings (SSSR count). The Hall–Kier alpha value is -1.11. The molecule has 1 aromatic heterocycles. The van der Waals surface area contributed by atoms with Crippen LogP contribution in [0, 0.1) is 17.3 Å². The van der Waals surface area contributed by atoms with Gasteiger partial charge >= 0.3 is 6.18 Å². The second-order valence-corrected chi connectivity index (χ2v) is 8.43. The molecule has 0 aromatic carbocycles. The number of alkyl halides is 3. The Morgan fingerprint density at radius 1 is 1.25 bits per heavy atom. The highest BCUT2D eigenvalue weighted by molar-refractivity contribution is 5.20. The van der Waals surface area contributed by atoms with Crippen LogP contribution in [-0.2, 0) is 11.8 Å². The van der Waals surface area contributed by atoms with Crippen LogP contribution in [0.4, 0.5) is 13.2 Å². The van der Waals surface area contributed by atoms with Gasteiger partial charge in [-0.25, -0.2) is 0 Å². The number of nitrogens with zero attached hydrogens (tertiary/aromatic N) is 2. The Bertz CT molecular complexity index is 613. The smallest absolute Gasteiger partial charge is 0.339 e. The average Bonchev–Trinajstić information content (AvgIpc) is 2.94. The third-order valence-corrected chi connectivity index (χ3v) is 6.57. The predicted molar refractivity (Wildman–Crippen MR) is 81.4 cm³/mol. The zero-order valence-electron chi connectivity index (χ0n) is 14.1. The first-order valence-corrected chi connectivity index (χ1v) is 8.82. The van der Waals surface area contributed by atoms with E-state index in [0.717, 1.165) is 19.3 Å². The maximum Gasteiger partial charge on any atom is 0.394 e. The quantitative estimate of drug-likeness (QED) is 0.907. The molecule has 1 N–H and O–H groups in total. The number of likely N-dealkylation sites (N-methyl/N-ethyl adjacent to an activating group) is 1. The van der Waals surface area contributed by atoms with Gasteiger partial charge < -0.3 is 9.84 Å². The van der Waals surface area contributed by atoms with Gasteiger partial charge in [0.05, 0.1) is 10.8 Å². The molecule has 7 heteroatoms. The minimum atomic E-state index is -4.14. The number of aromatic nitrogens is 2. The molecule has 3 atom stereocenters. The minimum absolute atomic E-state index is 0.125. The van der Waals surface area contributed by atoms with Gasteiger partial charge in [0, 0.05) is 12.5 Å². The number of halogens is 3. The highest BCUT2D eigenvalue weighted by Crippen LogP contribution is 2.69. The van der Waals surface area contributed by atoms with Crippen LogP contribution in [0.25, 0.3) is 0 Å². The SMILES string of the molecule is CNC(C)Cc1noc(C23CC4CC(C2)CC(C(F)(F)F)(C4)C3)n1. The van der Waals surface area contributed by atoms with Gasteiger partial charge in [0.25, 0.3) is 0 Å². The van der Waals surface area contributed by atoms with Crippen molar-refractivity contribution in [1.29, 1.82) is 0 Å². The zero-order valence-corrected chi connectivity index (χ0v) is 14.1. The Morgan fingerprint density at radius 3 is 2.50 bits per heavy atom. The lowest BCUT2D eigenvalue weighted by Gasteiger charge is -2.60. The van der Waals surface area contributed by atoms with E-state index in [1.165, 1.54) is 0 Å². The van der Waals surface area contributed by atoms with Crippen LogP contribution in [0.15, 0.2) is 4.52 Å². The summed E-state index contributed by atoms with van der Waals surface area (Å²) in [5.41, 5.74) is -2.10. The fraction of sp³-hybridized carbons (Fsp3) is 0.882. The van der Waals surface area contributed by atoms with Crippen molar-refractivity contribution in [3.8, 4) is 0 Å². The molecular weight excluding hydrogens is 319 g/mol. The lowest BCUT2D eigenvalue weighted by Crippen LogP contribution is -2.59. The highest BCUT2D eigenvalue weighted by atomic mass is 19.4. The maximum absolute atomic E-state index is 13.8. The fourth-order valence-corrected chi connectivity index (χ4v) is 5.77. The molecule has 0 spiro atoms. The highest BCUT2D eigenvalue weighted by Gasteiger charge is 2.68. The largest absolute Gasteiger partial charge is 0.394 e. The zero-order chi connectivity index (χ0) is 17.2. The fourth-order valence-electron chi connectivity index (χ4n) is 5.77. The summed E-state index contributed by atoms with van der Waals surface area (Å²) in [6.45, 7) is 2.01. The van der Waals surface area contributed by atoms with Crippen LogP contribution in [0.2, 0.25) is 0 Å². The Labute approximate surface area is 139 Å². The summed E-state index contributed by atoms with van der Waals surface area (Å²) >= 11 is 0. The number of rotatable bonds is 4. The summed E-state index contributed by atoms with van der Waals surface area (Å²) < 4.78 is 47.0. The van der Waals surface area contributed by atoms with Crippen LogP contribution < -0.4 is 5.32 Å². The van der Waals surface area contributed by atoms with Crippen LogP contribution in [0.5, 0.6) is 0 Å². The number of hydrogen-bond acceptors (Lipinski definition) is 4. The van der Waals surface area contributed by atoms with Crippen molar-refractivity contribution < 1.29 is 17.7 Å². The van der Waals surface area contributed by atoms with Crippen LogP contribution in [-0.4, -0.2) is 29.4 Å². The summed E-state index contributed by atoms with van der Waals surface area (Å²) in [6.07, 6.45) is -0.363. The summed E-state index contributed by atoms with van der Waals surface area (Å²) in [5, 5.41) is 7.15. The topological polar surface area (TPSA) is 51.0 Å². The molecule has 0 saturated heterocycles. The van der Waals surface area contributed by atoms with Gasteiger partial charge in [0.15, 0.2) is 5.82 Å². The second kappa shape index (κ2) is 5.19. The van der Waals surface area contributed by atoms with E-state index in [1.807, 2.05) is 14.0 Å². The van der Waals surface area contributed by atoms with Gasteiger partial charge in [-0.15, -0.1) is 0 Å². The molecule has 4 aliphatic carbocycles. The van der Waals surface area contributed by atoms with E-state index in [2.05, 4.69) is 15.5 Å². The Morgan fingerprint density at radius 2 is 1.92 bits per heavy atom. The van der Waals surface area contributed by atoms with Gasteiger partial charge in [-0.1, -0.05) is 5.16 Å².